The Balaban J connectivity index is 1.74. The van der Waals surface area contributed by atoms with E-state index in [0.29, 0.717) is 6.42 Å². The van der Waals surface area contributed by atoms with Gasteiger partial charge in [0.25, 0.3) is 11.9 Å². The monoisotopic (exact) mass is 388 g/mol. The standard InChI is InChI=1S/C17H28N2O8/c1-5-13(20)18-11-26-15(3)22-7-17(8-23-15)9-24-16(4,25-10-17)27-12-19-14(21)6-2/h5H,1,6-12H2,2-4H3,(H,18,20)(H,19,21). The minimum atomic E-state index is -1.28. The lowest BCUT2D eigenvalue weighted by atomic mass is 9.90. The van der Waals surface area contributed by atoms with Gasteiger partial charge in [0.05, 0.1) is 31.8 Å². The zero-order valence-corrected chi connectivity index (χ0v) is 16.0. The molecule has 2 heterocycles. The second kappa shape index (κ2) is 9.09. The summed E-state index contributed by atoms with van der Waals surface area (Å²) in [6.07, 6.45) is 1.52. The number of ether oxygens (including phenoxy) is 6. The van der Waals surface area contributed by atoms with E-state index < -0.39 is 17.4 Å². The van der Waals surface area contributed by atoms with Crippen LogP contribution in [0.2, 0.25) is 0 Å². The van der Waals surface area contributed by atoms with Crippen molar-refractivity contribution in [1.29, 1.82) is 0 Å². The Labute approximate surface area is 158 Å². The number of carbonyl (C=O) groups is 2. The fourth-order valence-corrected chi connectivity index (χ4v) is 2.32. The molecule has 154 valence electrons. The van der Waals surface area contributed by atoms with Gasteiger partial charge in [0.15, 0.2) is 0 Å². The second-order valence-electron chi connectivity index (χ2n) is 6.66. The van der Waals surface area contributed by atoms with Crippen molar-refractivity contribution in [3.8, 4) is 0 Å². The molecule has 1 spiro atoms. The molecular weight excluding hydrogens is 360 g/mol. The molecule has 0 atom stereocenters. The highest BCUT2D eigenvalue weighted by Crippen LogP contribution is 2.37. The summed E-state index contributed by atoms with van der Waals surface area (Å²) >= 11 is 0. The molecule has 2 aliphatic heterocycles. The van der Waals surface area contributed by atoms with E-state index in [9.17, 15) is 9.59 Å². The largest absolute Gasteiger partial charge is 0.333 e. The maximum Gasteiger partial charge on any atom is 0.281 e. The van der Waals surface area contributed by atoms with E-state index in [1.807, 2.05) is 0 Å². The van der Waals surface area contributed by atoms with Crippen molar-refractivity contribution in [1.82, 2.24) is 10.6 Å². The first-order valence-electron chi connectivity index (χ1n) is 8.74. The molecule has 0 aromatic carbocycles. The van der Waals surface area contributed by atoms with E-state index >= 15 is 0 Å². The van der Waals surface area contributed by atoms with Crippen LogP contribution in [0.25, 0.3) is 0 Å². The third kappa shape index (κ3) is 6.23. The molecule has 0 aromatic heterocycles. The van der Waals surface area contributed by atoms with E-state index in [-0.39, 0.29) is 51.7 Å². The molecule has 2 amide bonds. The summed E-state index contributed by atoms with van der Waals surface area (Å²) in [5, 5.41) is 5.08. The number of rotatable bonds is 8. The third-order valence-corrected chi connectivity index (χ3v) is 4.25. The Morgan fingerprint density at radius 1 is 0.963 bits per heavy atom. The highest BCUT2D eigenvalue weighted by molar-refractivity contribution is 5.86. The minimum absolute atomic E-state index is 0.00842. The molecule has 27 heavy (non-hydrogen) atoms. The van der Waals surface area contributed by atoms with E-state index in [4.69, 9.17) is 28.4 Å². The molecule has 0 saturated carbocycles. The van der Waals surface area contributed by atoms with Crippen molar-refractivity contribution < 1.29 is 38.0 Å². The first-order valence-corrected chi connectivity index (χ1v) is 8.74. The normalized spacial score (nSPS) is 33.4. The van der Waals surface area contributed by atoms with E-state index in [1.165, 1.54) is 0 Å². The van der Waals surface area contributed by atoms with Gasteiger partial charge in [0.1, 0.15) is 13.5 Å². The number of nitrogens with one attached hydrogen (secondary N) is 2. The van der Waals surface area contributed by atoms with Crippen molar-refractivity contribution in [3.63, 3.8) is 0 Å². The summed E-state index contributed by atoms with van der Waals surface area (Å²) in [5.74, 6) is -3.00. The molecule has 10 heteroatoms. The van der Waals surface area contributed by atoms with Crippen molar-refractivity contribution in [3.05, 3.63) is 12.7 Å². The molecule has 2 aliphatic rings. The van der Waals surface area contributed by atoms with Gasteiger partial charge < -0.3 is 39.1 Å². The molecule has 2 rings (SSSR count). The molecule has 10 nitrogen and oxygen atoms in total. The molecule has 2 saturated heterocycles. The second-order valence-corrected chi connectivity index (χ2v) is 6.66. The minimum Gasteiger partial charge on any atom is -0.333 e. The van der Waals surface area contributed by atoms with Crippen LogP contribution < -0.4 is 10.6 Å². The summed E-state index contributed by atoms with van der Waals surface area (Å²) in [4.78, 5) is 22.4. The lowest BCUT2D eigenvalue weighted by Crippen LogP contribution is -2.59. The average Bonchev–Trinajstić information content (AvgIpc) is 2.66. The van der Waals surface area contributed by atoms with Crippen molar-refractivity contribution in [2.24, 2.45) is 5.41 Å². The zero-order valence-electron chi connectivity index (χ0n) is 16.0. The molecule has 0 unspecified atom stereocenters. The van der Waals surface area contributed by atoms with Crippen LogP contribution in [0.15, 0.2) is 12.7 Å². The summed E-state index contributed by atoms with van der Waals surface area (Å²) in [5.41, 5.74) is -0.497. The van der Waals surface area contributed by atoms with Crippen molar-refractivity contribution in [2.75, 3.05) is 39.9 Å². The number of amides is 2. The zero-order chi connectivity index (χ0) is 20.0. The van der Waals surface area contributed by atoms with Crippen LogP contribution >= 0.6 is 0 Å². The Hall–Kier alpha value is -1.56. The predicted molar refractivity (Wildman–Crippen MR) is 91.7 cm³/mol. The van der Waals surface area contributed by atoms with Crippen LogP contribution in [0, 0.1) is 5.41 Å². The predicted octanol–water partition coefficient (Wildman–Crippen LogP) is 0.190. The van der Waals surface area contributed by atoms with Gasteiger partial charge in [-0.15, -0.1) is 0 Å². The highest BCUT2D eigenvalue weighted by Gasteiger charge is 2.49. The van der Waals surface area contributed by atoms with Crippen LogP contribution in [0.4, 0.5) is 0 Å². The Morgan fingerprint density at radius 3 is 1.81 bits per heavy atom. The number of hydrogen-bond donors (Lipinski definition) is 2. The molecule has 2 N–H and O–H groups in total. The lowest BCUT2D eigenvalue weighted by Gasteiger charge is -2.48. The molecule has 0 aliphatic carbocycles. The molecule has 0 aromatic rings. The Bertz CT molecular complexity index is 535. The first kappa shape index (κ1) is 21.7. The Kier molecular flexibility index (Phi) is 7.32. The van der Waals surface area contributed by atoms with Crippen LogP contribution in [0.5, 0.6) is 0 Å². The van der Waals surface area contributed by atoms with Gasteiger partial charge in [-0.25, -0.2) is 0 Å². The highest BCUT2D eigenvalue weighted by atomic mass is 16.9. The average molecular weight is 388 g/mol. The van der Waals surface area contributed by atoms with Crippen LogP contribution in [-0.4, -0.2) is 63.6 Å². The number of hydrogen-bond acceptors (Lipinski definition) is 8. The van der Waals surface area contributed by atoms with Gasteiger partial charge in [0, 0.05) is 20.3 Å². The fraction of sp³-hybridized carbons (Fsp3) is 0.765. The SMILES string of the molecule is C=CC(=O)NCOC1(C)OCC2(CO1)COC(C)(OCNC(=O)CC)OC2. The van der Waals surface area contributed by atoms with E-state index in [0.717, 1.165) is 6.08 Å². The van der Waals surface area contributed by atoms with Gasteiger partial charge in [-0.2, -0.15) is 0 Å². The topological polar surface area (TPSA) is 114 Å². The lowest BCUT2D eigenvalue weighted by molar-refractivity contribution is -0.456. The smallest absolute Gasteiger partial charge is 0.281 e. The number of carbonyl (C=O) groups excluding carboxylic acids is 2. The third-order valence-electron chi connectivity index (χ3n) is 4.25. The molecular formula is C17H28N2O8. The van der Waals surface area contributed by atoms with Crippen molar-refractivity contribution >= 4 is 11.8 Å². The van der Waals surface area contributed by atoms with Crippen molar-refractivity contribution in [2.45, 2.75) is 39.1 Å². The maximum atomic E-state index is 11.2. The van der Waals surface area contributed by atoms with Gasteiger partial charge in [-0.3, -0.25) is 9.59 Å². The molecule has 0 bridgehead atoms. The maximum absolute atomic E-state index is 11.2. The van der Waals surface area contributed by atoms with Gasteiger partial charge in [0.2, 0.25) is 11.8 Å². The molecule has 0 radical (unpaired) electrons. The quantitative estimate of drug-likeness (QED) is 0.448. The summed E-state index contributed by atoms with van der Waals surface area (Å²) in [6.45, 7) is 9.41. The summed E-state index contributed by atoms with van der Waals surface area (Å²) in [6, 6.07) is 0. The first-order chi connectivity index (χ1) is 12.7. The summed E-state index contributed by atoms with van der Waals surface area (Å²) in [7, 11) is 0. The molecule has 2 fully saturated rings. The van der Waals surface area contributed by atoms with E-state index in [2.05, 4.69) is 17.2 Å². The van der Waals surface area contributed by atoms with Gasteiger partial charge in [-0.1, -0.05) is 13.5 Å². The van der Waals surface area contributed by atoms with Crippen LogP contribution in [0.3, 0.4) is 0 Å². The van der Waals surface area contributed by atoms with Crippen LogP contribution in [-0.2, 0) is 38.0 Å². The summed E-state index contributed by atoms with van der Waals surface area (Å²) < 4.78 is 33.7. The van der Waals surface area contributed by atoms with Gasteiger partial charge in [-0.05, 0) is 6.08 Å². The Morgan fingerprint density at radius 2 is 1.41 bits per heavy atom. The van der Waals surface area contributed by atoms with E-state index in [1.54, 1.807) is 20.8 Å². The van der Waals surface area contributed by atoms with Gasteiger partial charge >= 0.3 is 0 Å². The fourth-order valence-electron chi connectivity index (χ4n) is 2.32. The van der Waals surface area contributed by atoms with Crippen LogP contribution in [0.1, 0.15) is 27.2 Å².